The lowest BCUT2D eigenvalue weighted by atomic mass is 9.85. The third-order valence-electron chi connectivity index (χ3n) is 2.32. The molecule has 0 bridgehead atoms. The molecule has 82 valence electrons. The van der Waals surface area contributed by atoms with E-state index in [4.69, 9.17) is 10.2 Å². The molecule has 2 N–H and O–H groups in total. The van der Waals surface area contributed by atoms with Gasteiger partial charge in [0.1, 0.15) is 0 Å². The second-order valence-corrected chi connectivity index (χ2v) is 3.49. The predicted octanol–water partition coefficient (Wildman–Crippen LogP) is 1.99. The fourth-order valence-corrected chi connectivity index (χ4v) is 1.73. The molecule has 0 saturated carbocycles. The van der Waals surface area contributed by atoms with Crippen molar-refractivity contribution in [2.24, 2.45) is 11.8 Å². The third-order valence-corrected chi connectivity index (χ3v) is 2.32. The predicted molar refractivity (Wildman–Crippen MR) is 52.1 cm³/mol. The van der Waals surface area contributed by atoms with Crippen molar-refractivity contribution in [2.45, 2.75) is 39.5 Å². The SMILES string of the molecule is CCCC(CCC)C(C(=O)O)C(=O)O. The van der Waals surface area contributed by atoms with Gasteiger partial charge in [0, 0.05) is 0 Å². The molecule has 4 heteroatoms. The van der Waals surface area contributed by atoms with E-state index >= 15 is 0 Å². The number of hydrogen-bond donors (Lipinski definition) is 2. The van der Waals surface area contributed by atoms with Gasteiger partial charge < -0.3 is 10.2 Å². The van der Waals surface area contributed by atoms with E-state index in [9.17, 15) is 9.59 Å². The Labute approximate surface area is 83.9 Å². The lowest BCUT2D eigenvalue weighted by Gasteiger charge is -2.19. The molecule has 0 aromatic rings. The maximum atomic E-state index is 10.8. The van der Waals surface area contributed by atoms with Gasteiger partial charge in [0.25, 0.3) is 0 Å². The van der Waals surface area contributed by atoms with Crippen LogP contribution in [0.15, 0.2) is 0 Å². The molecule has 0 amide bonds. The number of hydrogen-bond acceptors (Lipinski definition) is 2. The van der Waals surface area contributed by atoms with Crippen LogP contribution >= 0.6 is 0 Å². The molecule has 0 fully saturated rings. The van der Waals surface area contributed by atoms with Gasteiger partial charge in [0.2, 0.25) is 0 Å². The molecule has 0 radical (unpaired) electrons. The number of carboxylic acid groups (broad SMARTS) is 2. The van der Waals surface area contributed by atoms with Crippen LogP contribution in [0.3, 0.4) is 0 Å². The molecule has 0 aliphatic rings. The molecule has 0 saturated heterocycles. The van der Waals surface area contributed by atoms with Crippen molar-refractivity contribution >= 4 is 11.9 Å². The molecule has 0 unspecified atom stereocenters. The minimum Gasteiger partial charge on any atom is -0.481 e. The zero-order valence-electron chi connectivity index (χ0n) is 8.69. The van der Waals surface area contributed by atoms with Crippen LogP contribution in [0.1, 0.15) is 39.5 Å². The highest BCUT2D eigenvalue weighted by Crippen LogP contribution is 2.23. The highest BCUT2D eigenvalue weighted by molar-refractivity contribution is 5.93. The molecule has 0 aromatic heterocycles. The lowest BCUT2D eigenvalue weighted by Crippen LogP contribution is -2.31. The summed E-state index contributed by atoms with van der Waals surface area (Å²) in [4.78, 5) is 21.5. The van der Waals surface area contributed by atoms with E-state index in [0.29, 0.717) is 12.8 Å². The Bertz CT molecular complexity index is 180. The van der Waals surface area contributed by atoms with E-state index < -0.39 is 17.9 Å². The molecular weight excluding hydrogens is 184 g/mol. The van der Waals surface area contributed by atoms with E-state index in [-0.39, 0.29) is 5.92 Å². The minimum atomic E-state index is -1.24. The van der Waals surface area contributed by atoms with Crippen molar-refractivity contribution in [3.63, 3.8) is 0 Å². The summed E-state index contributed by atoms with van der Waals surface area (Å²) in [6.45, 7) is 3.87. The number of rotatable bonds is 7. The van der Waals surface area contributed by atoms with Crippen LogP contribution in [0, 0.1) is 11.8 Å². The van der Waals surface area contributed by atoms with Crippen molar-refractivity contribution < 1.29 is 19.8 Å². The monoisotopic (exact) mass is 202 g/mol. The summed E-state index contributed by atoms with van der Waals surface area (Å²) in [5.74, 6) is -3.91. The summed E-state index contributed by atoms with van der Waals surface area (Å²) in [6.07, 6.45) is 2.97. The highest BCUT2D eigenvalue weighted by Gasteiger charge is 2.33. The average Bonchev–Trinajstić information content (AvgIpc) is 2.03. The maximum absolute atomic E-state index is 10.8. The summed E-state index contributed by atoms with van der Waals surface area (Å²) >= 11 is 0. The van der Waals surface area contributed by atoms with Gasteiger partial charge in [-0.1, -0.05) is 26.7 Å². The average molecular weight is 202 g/mol. The van der Waals surface area contributed by atoms with Crippen LogP contribution in [0.2, 0.25) is 0 Å². The first-order valence-electron chi connectivity index (χ1n) is 5.00. The van der Waals surface area contributed by atoms with Gasteiger partial charge >= 0.3 is 11.9 Å². The largest absolute Gasteiger partial charge is 0.481 e. The zero-order valence-corrected chi connectivity index (χ0v) is 8.69. The molecule has 0 aliphatic carbocycles. The van der Waals surface area contributed by atoms with Gasteiger partial charge in [-0.2, -0.15) is 0 Å². The number of carbonyl (C=O) groups is 2. The van der Waals surface area contributed by atoms with Gasteiger partial charge in [0.15, 0.2) is 5.92 Å². The first-order chi connectivity index (χ1) is 6.54. The van der Waals surface area contributed by atoms with E-state index in [1.54, 1.807) is 0 Å². The molecule has 0 spiro atoms. The fraction of sp³-hybridized carbons (Fsp3) is 0.800. The summed E-state index contributed by atoms with van der Waals surface area (Å²) < 4.78 is 0. The molecule has 0 atom stereocenters. The van der Waals surface area contributed by atoms with Crippen LogP contribution in [0.25, 0.3) is 0 Å². The van der Waals surface area contributed by atoms with Crippen LogP contribution in [0.5, 0.6) is 0 Å². The Morgan fingerprint density at radius 1 is 1.00 bits per heavy atom. The second kappa shape index (κ2) is 6.40. The Morgan fingerprint density at radius 2 is 1.36 bits per heavy atom. The number of carboxylic acids is 2. The quantitative estimate of drug-likeness (QED) is 0.619. The molecule has 4 nitrogen and oxygen atoms in total. The highest BCUT2D eigenvalue weighted by atomic mass is 16.4. The molecule has 0 heterocycles. The Morgan fingerprint density at radius 3 is 1.57 bits per heavy atom. The van der Waals surface area contributed by atoms with Crippen molar-refractivity contribution in [1.82, 2.24) is 0 Å². The molecule has 0 aromatic carbocycles. The summed E-state index contributed by atoms with van der Waals surface area (Å²) in [5, 5.41) is 17.6. The summed E-state index contributed by atoms with van der Waals surface area (Å²) in [6, 6.07) is 0. The van der Waals surface area contributed by atoms with Crippen molar-refractivity contribution in [3.05, 3.63) is 0 Å². The molecule has 14 heavy (non-hydrogen) atoms. The third kappa shape index (κ3) is 3.77. The standard InChI is InChI=1S/C10H18O4/c1-3-5-7(6-4-2)8(9(11)12)10(13)14/h7-8H,3-6H2,1-2H3,(H,11,12)(H,13,14). The van der Waals surface area contributed by atoms with Crippen molar-refractivity contribution in [1.29, 1.82) is 0 Å². The minimum absolute atomic E-state index is 0.236. The van der Waals surface area contributed by atoms with Crippen molar-refractivity contribution in [3.8, 4) is 0 Å². The first kappa shape index (κ1) is 12.9. The first-order valence-corrected chi connectivity index (χ1v) is 5.00. The van der Waals surface area contributed by atoms with Crippen molar-refractivity contribution in [2.75, 3.05) is 0 Å². The van der Waals surface area contributed by atoms with Gasteiger partial charge in [-0.05, 0) is 18.8 Å². The Balaban J connectivity index is 4.54. The van der Waals surface area contributed by atoms with Crippen LogP contribution in [-0.4, -0.2) is 22.2 Å². The van der Waals surface area contributed by atoms with E-state index in [1.165, 1.54) is 0 Å². The van der Waals surface area contributed by atoms with E-state index in [1.807, 2.05) is 13.8 Å². The van der Waals surface area contributed by atoms with Gasteiger partial charge in [-0.15, -0.1) is 0 Å². The molecule has 0 aliphatic heterocycles. The lowest BCUT2D eigenvalue weighted by molar-refractivity contribution is -0.157. The fourth-order valence-electron chi connectivity index (χ4n) is 1.73. The summed E-state index contributed by atoms with van der Waals surface area (Å²) in [7, 11) is 0. The normalized spacial score (nSPS) is 10.9. The molecular formula is C10H18O4. The van der Waals surface area contributed by atoms with E-state index in [0.717, 1.165) is 12.8 Å². The number of aliphatic carboxylic acids is 2. The second-order valence-electron chi connectivity index (χ2n) is 3.49. The van der Waals surface area contributed by atoms with Crippen LogP contribution in [-0.2, 0) is 9.59 Å². The maximum Gasteiger partial charge on any atom is 0.318 e. The Kier molecular flexibility index (Phi) is 5.92. The zero-order chi connectivity index (χ0) is 11.1. The topological polar surface area (TPSA) is 74.6 Å². The van der Waals surface area contributed by atoms with Gasteiger partial charge in [-0.3, -0.25) is 9.59 Å². The molecule has 0 rings (SSSR count). The van der Waals surface area contributed by atoms with Gasteiger partial charge in [-0.25, -0.2) is 0 Å². The van der Waals surface area contributed by atoms with Crippen LogP contribution < -0.4 is 0 Å². The smallest absolute Gasteiger partial charge is 0.318 e. The van der Waals surface area contributed by atoms with Gasteiger partial charge in [0.05, 0.1) is 0 Å². The van der Waals surface area contributed by atoms with Crippen LogP contribution in [0.4, 0.5) is 0 Å². The summed E-state index contributed by atoms with van der Waals surface area (Å²) in [5.41, 5.74) is 0. The Hall–Kier alpha value is -1.06. The van der Waals surface area contributed by atoms with E-state index in [2.05, 4.69) is 0 Å².